The van der Waals surface area contributed by atoms with Crippen molar-refractivity contribution in [2.24, 2.45) is 0 Å². The Kier molecular flexibility index (Phi) is 4.48. The molecule has 3 N–H and O–H groups in total. The van der Waals surface area contributed by atoms with E-state index in [-0.39, 0.29) is 0 Å². The molecule has 0 amide bonds. The third kappa shape index (κ3) is 3.77. The molecule has 0 atom stereocenters. The lowest BCUT2D eigenvalue weighted by molar-refractivity contribution is 0.0398. The molecule has 4 nitrogen and oxygen atoms in total. The van der Waals surface area contributed by atoms with Crippen LogP contribution in [0.4, 0.5) is 11.4 Å². The largest absolute Gasteiger partial charge is 0.397 e. The van der Waals surface area contributed by atoms with Crippen LogP contribution in [-0.2, 0) is 4.74 Å². The second-order valence-corrected chi connectivity index (χ2v) is 4.55. The molecule has 5 heteroatoms. The van der Waals surface area contributed by atoms with Crippen LogP contribution in [0.15, 0.2) is 18.2 Å². The van der Waals surface area contributed by atoms with E-state index in [0.29, 0.717) is 10.7 Å². The molecule has 0 spiro atoms. The molecular weight excluding hydrogens is 238 g/mol. The molecule has 1 aromatic carbocycles. The van der Waals surface area contributed by atoms with Gasteiger partial charge in [-0.15, -0.1) is 0 Å². The Labute approximate surface area is 107 Å². The highest BCUT2D eigenvalue weighted by Gasteiger charge is 2.09. The highest BCUT2D eigenvalue weighted by atomic mass is 35.5. The minimum absolute atomic E-state index is 0.668. The van der Waals surface area contributed by atoms with Gasteiger partial charge in [-0.25, -0.2) is 0 Å². The van der Waals surface area contributed by atoms with Crippen LogP contribution in [0.1, 0.15) is 0 Å². The summed E-state index contributed by atoms with van der Waals surface area (Å²) in [5, 5.41) is 3.99. The Balaban J connectivity index is 1.77. The first-order valence-corrected chi connectivity index (χ1v) is 6.22. The van der Waals surface area contributed by atoms with Crippen molar-refractivity contribution in [2.45, 2.75) is 0 Å². The van der Waals surface area contributed by atoms with E-state index in [9.17, 15) is 0 Å². The van der Waals surface area contributed by atoms with Crippen LogP contribution in [0.5, 0.6) is 0 Å². The number of morpholine rings is 1. The fraction of sp³-hybridized carbons (Fsp3) is 0.500. The van der Waals surface area contributed by atoms with Crippen molar-refractivity contribution in [3.8, 4) is 0 Å². The van der Waals surface area contributed by atoms with Crippen LogP contribution in [0.3, 0.4) is 0 Å². The van der Waals surface area contributed by atoms with Gasteiger partial charge in [0.1, 0.15) is 0 Å². The van der Waals surface area contributed by atoms with Gasteiger partial charge in [-0.2, -0.15) is 0 Å². The molecule has 0 saturated carbocycles. The molecule has 0 unspecified atom stereocenters. The van der Waals surface area contributed by atoms with Crippen molar-refractivity contribution < 1.29 is 4.74 Å². The molecule has 1 fully saturated rings. The number of hydrogen-bond donors (Lipinski definition) is 2. The average molecular weight is 256 g/mol. The summed E-state index contributed by atoms with van der Waals surface area (Å²) in [5.41, 5.74) is 7.50. The minimum atomic E-state index is 0.668. The third-order valence-corrected chi connectivity index (χ3v) is 3.10. The summed E-state index contributed by atoms with van der Waals surface area (Å²) < 4.78 is 5.30. The fourth-order valence-corrected chi connectivity index (χ4v) is 2.05. The molecule has 2 rings (SSSR count). The molecule has 0 aliphatic carbocycles. The molecule has 0 bridgehead atoms. The maximum atomic E-state index is 5.86. The van der Waals surface area contributed by atoms with Crippen molar-refractivity contribution in [2.75, 3.05) is 50.4 Å². The molecule has 1 aliphatic rings. The first-order valence-electron chi connectivity index (χ1n) is 5.85. The van der Waals surface area contributed by atoms with Gasteiger partial charge < -0.3 is 15.8 Å². The average Bonchev–Trinajstić information content (AvgIpc) is 2.33. The van der Waals surface area contributed by atoms with Crippen molar-refractivity contribution in [1.29, 1.82) is 0 Å². The minimum Gasteiger partial charge on any atom is -0.397 e. The van der Waals surface area contributed by atoms with E-state index in [4.69, 9.17) is 22.1 Å². The van der Waals surface area contributed by atoms with Crippen LogP contribution in [-0.4, -0.2) is 44.3 Å². The zero-order valence-electron chi connectivity index (χ0n) is 9.79. The van der Waals surface area contributed by atoms with Crippen LogP contribution >= 0.6 is 11.6 Å². The highest BCUT2D eigenvalue weighted by Crippen LogP contribution is 2.22. The lowest BCUT2D eigenvalue weighted by Gasteiger charge is -2.26. The molecule has 0 aromatic heterocycles. The van der Waals surface area contributed by atoms with Crippen LogP contribution < -0.4 is 11.1 Å². The number of nitrogens with two attached hydrogens (primary N) is 1. The third-order valence-electron chi connectivity index (χ3n) is 2.86. The zero-order chi connectivity index (χ0) is 12.1. The van der Waals surface area contributed by atoms with Crippen molar-refractivity contribution >= 4 is 23.0 Å². The number of nitrogen functional groups attached to an aromatic ring is 1. The van der Waals surface area contributed by atoms with E-state index >= 15 is 0 Å². The monoisotopic (exact) mass is 255 g/mol. The van der Waals surface area contributed by atoms with E-state index in [2.05, 4.69) is 10.2 Å². The lowest BCUT2D eigenvalue weighted by atomic mass is 10.2. The second-order valence-electron chi connectivity index (χ2n) is 4.11. The van der Waals surface area contributed by atoms with E-state index in [1.807, 2.05) is 12.1 Å². The summed E-state index contributed by atoms with van der Waals surface area (Å²) in [6.07, 6.45) is 0. The number of nitrogens with zero attached hydrogens (tertiary/aromatic N) is 1. The summed E-state index contributed by atoms with van der Waals surface area (Å²) in [6.45, 7) is 5.58. The maximum Gasteiger partial charge on any atom is 0.0594 e. The topological polar surface area (TPSA) is 50.5 Å². The van der Waals surface area contributed by atoms with E-state index in [1.54, 1.807) is 6.07 Å². The van der Waals surface area contributed by atoms with Gasteiger partial charge in [-0.1, -0.05) is 11.6 Å². The molecule has 1 heterocycles. The number of nitrogens with one attached hydrogen (secondary N) is 1. The van der Waals surface area contributed by atoms with Gasteiger partial charge >= 0.3 is 0 Å². The van der Waals surface area contributed by atoms with E-state index in [0.717, 1.165) is 45.1 Å². The number of benzene rings is 1. The van der Waals surface area contributed by atoms with Gasteiger partial charge in [-0.3, -0.25) is 4.90 Å². The van der Waals surface area contributed by atoms with Crippen molar-refractivity contribution in [1.82, 2.24) is 4.90 Å². The highest BCUT2D eigenvalue weighted by molar-refractivity contribution is 6.31. The number of anilines is 2. The van der Waals surface area contributed by atoms with Crippen LogP contribution in [0.25, 0.3) is 0 Å². The number of ether oxygens (including phenoxy) is 1. The lowest BCUT2D eigenvalue weighted by Crippen LogP contribution is -2.39. The second kappa shape index (κ2) is 6.10. The van der Waals surface area contributed by atoms with Crippen LogP contribution in [0, 0.1) is 0 Å². The van der Waals surface area contributed by atoms with E-state index in [1.165, 1.54) is 0 Å². The van der Waals surface area contributed by atoms with Gasteiger partial charge in [0.15, 0.2) is 0 Å². The summed E-state index contributed by atoms with van der Waals surface area (Å²) >= 11 is 5.84. The van der Waals surface area contributed by atoms with E-state index < -0.39 is 0 Å². The Morgan fingerprint density at radius 2 is 2.12 bits per heavy atom. The predicted molar refractivity (Wildman–Crippen MR) is 71.6 cm³/mol. The predicted octanol–water partition coefficient (Wildman–Crippen LogP) is 1.67. The van der Waals surface area contributed by atoms with Crippen LogP contribution in [0.2, 0.25) is 5.02 Å². The zero-order valence-corrected chi connectivity index (χ0v) is 10.5. The molecular formula is C12H18ClN3O. The molecule has 1 saturated heterocycles. The summed E-state index contributed by atoms with van der Waals surface area (Å²) in [5.74, 6) is 0. The molecule has 17 heavy (non-hydrogen) atoms. The summed E-state index contributed by atoms with van der Waals surface area (Å²) in [4.78, 5) is 2.38. The van der Waals surface area contributed by atoms with Gasteiger partial charge in [0.25, 0.3) is 0 Å². The summed E-state index contributed by atoms with van der Waals surface area (Å²) in [7, 11) is 0. The molecule has 1 aliphatic heterocycles. The molecule has 94 valence electrons. The Bertz CT molecular complexity index is 367. The summed E-state index contributed by atoms with van der Waals surface area (Å²) in [6, 6.07) is 5.52. The molecule has 1 aromatic rings. The normalized spacial score (nSPS) is 17.0. The standard InChI is InChI=1S/C12H18ClN3O/c13-10-1-2-12(11(14)9-10)15-3-4-16-5-7-17-8-6-16/h1-2,9,15H,3-8,14H2. The van der Waals surface area contributed by atoms with Crippen molar-refractivity contribution in [3.05, 3.63) is 23.2 Å². The smallest absolute Gasteiger partial charge is 0.0594 e. The number of hydrogen-bond acceptors (Lipinski definition) is 4. The number of rotatable bonds is 4. The van der Waals surface area contributed by atoms with Gasteiger partial charge in [0.05, 0.1) is 24.6 Å². The van der Waals surface area contributed by atoms with Gasteiger partial charge in [0.2, 0.25) is 0 Å². The first kappa shape index (κ1) is 12.5. The first-order chi connectivity index (χ1) is 8.25. The van der Waals surface area contributed by atoms with Crippen molar-refractivity contribution in [3.63, 3.8) is 0 Å². The number of halogens is 1. The SMILES string of the molecule is Nc1cc(Cl)ccc1NCCN1CCOCC1. The molecule has 0 radical (unpaired) electrons. The van der Waals surface area contributed by atoms with Gasteiger partial charge in [0, 0.05) is 31.2 Å². The Morgan fingerprint density at radius 1 is 1.35 bits per heavy atom. The maximum absolute atomic E-state index is 5.86. The Morgan fingerprint density at radius 3 is 2.82 bits per heavy atom. The van der Waals surface area contributed by atoms with Gasteiger partial charge in [-0.05, 0) is 18.2 Å². The Hall–Kier alpha value is -0.970. The fourth-order valence-electron chi connectivity index (χ4n) is 1.87. The quantitative estimate of drug-likeness (QED) is 0.804.